The van der Waals surface area contributed by atoms with Crippen LogP contribution >= 0.6 is 15.9 Å². The number of aliphatic carboxylic acids is 1. The minimum absolute atomic E-state index is 0.144. The number of carboxylic acid groups (broad SMARTS) is 1. The summed E-state index contributed by atoms with van der Waals surface area (Å²) in [5.41, 5.74) is 0.192. The predicted octanol–water partition coefficient (Wildman–Crippen LogP) is 1.04. The van der Waals surface area contributed by atoms with E-state index in [0.29, 0.717) is 6.54 Å². The molecule has 23 heavy (non-hydrogen) atoms. The van der Waals surface area contributed by atoms with Crippen molar-refractivity contribution in [2.75, 3.05) is 6.54 Å². The average molecular weight is 377 g/mol. The molecule has 2 saturated heterocycles. The van der Waals surface area contributed by atoms with Gasteiger partial charge in [-0.15, -0.1) is 0 Å². The van der Waals surface area contributed by atoms with Crippen LogP contribution in [0.25, 0.3) is 0 Å². The van der Waals surface area contributed by atoms with Gasteiger partial charge in [0.2, 0.25) is 5.91 Å². The normalized spacial score (nSPS) is 35.7. The Kier molecular flexibility index (Phi) is 3.19. The molecule has 1 spiro atoms. The van der Waals surface area contributed by atoms with E-state index in [1.807, 2.05) is 37.3 Å². The van der Waals surface area contributed by atoms with E-state index in [4.69, 9.17) is 4.74 Å². The van der Waals surface area contributed by atoms with Crippen LogP contribution in [-0.2, 0) is 14.3 Å². The van der Waals surface area contributed by atoms with Crippen molar-refractivity contribution < 1.29 is 19.4 Å². The summed E-state index contributed by atoms with van der Waals surface area (Å²) in [4.78, 5) is 26.1. The monoisotopic (exact) mass is 376 g/mol. The fourth-order valence-electron chi connectivity index (χ4n) is 4.05. The van der Waals surface area contributed by atoms with E-state index >= 15 is 0 Å². The zero-order chi connectivity index (χ0) is 16.4. The number of carboxylic acids is 1. The first-order chi connectivity index (χ1) is 10.9. The van der Waals surface area contributed by atoms with Gasteiger partial charge in [0.05, 0.1) is 24.6 Å². The average Bonchev–Trinajstić information content (AvgIpc) is 3.15. The van der Waals surface area contributed by atoms with Gasteiger partial charge in [-0.25, -0.2) is 0 Å². The van der Waals surface area contributed by atoms with Gasteiger partial charge in [-0.1, -0.05) is 40.2 Å². The number of carbonyl (C=O) groups excluding carboxylic acids is 2. The first-order valence-electron chi connectivity index (χ1n) is 7.57. The molecule has 2 bridgehead atoms. The van der Waals surface area contributed by atoms with Crippen LogP contribution in [-0.4, -0.2) is 35.0 Å². The molecule has 3 aliphatic heterocycles. The molecule has 1 aromatic carbocycles. The highest BCUT2D eigenvalue weighted by atomic mass is 79.9. The lowest BCUT2D eigenvalue weighted by atomic mass is 9.77. The Labute approximate surface area is 142 Å². The molecule has 4 rings (SSSR count). The summed E-state index contributed by atoms with van der Waals surface area (Å²) in [6.45, 7) is 2.33. The zero-order valence-electron chi connectivity index (χ0n) is 12.4. The molecule has 2 fully saturated rings. The lowest BCUT2D eigenvalue weighted by Gasteiger charge is -2.28. The number of carbonyl (C=O) groups is 2. The quantitative estimate of drug-likeness (QED) is 0.739. The van der Waals surface area contributed by atoms with Crippen LogP contribution in [0.15, 0.2) is 40.9 Å². The van der Waals surface area contributed by atoms with Crippen LogP contribution in [0.2, 0.25) is 0 Å². The molecule has 0 aromatic heterocycles. The lowest BCUT2D eigenvalue weighted by molar-refractivity contribution is -0.313. The maximum absolute atomic E-state index is 12.9. The molecule has 0 saturated carbocycles. The predicted molar refractivity (Wildman–Crippen MR) is 83.0 cm³/mol. The smallest absolute Gasteiger partial charge is 0.230 e. The number of amides is 1. The zero-order valence-corrected chi connectivity index (χ0v) is 14.0. The van der Waals surface area contributed by atoms with E-state index in [1.165, 1.54) is 0 Å². The molecule has 6 heteroatoms. The van der Waals surface area contributed by atoms with E-state index in [-0.39, 0.29) is 11.9 Å². The summed E-state index contributed by atoms with van der Waals surface area (Å²) in [7, 11) is 0. The second-order valence-corrected chi connectivity index (χ2v) is 7.33. The number of rotatable bonds is 3. The summed E-state index contributed by atoms with van der Waals surface area (Å²) < 4.78 is 6.83. The second kappa shape index (κ2) is 4.92. The maximum Gasteiger partial charge on any atom is 0.230 e. The molecule has 0 radical (unpaired) electrons. The van der Waals surface area contributed by atoms with E-state index in [9.17, 15) is 14.7 Å². The topological polar surface area (TPSA) is 69.7 Å². The number of benzene rings is 1. The number of fused-ring (bicyclic) bond motifs is 1. The third-order valence-corrected chi connectivity index (χ3v) is 5.75. The standard InChI is InChI=1S/C17H16BrNO4/c1-9(10-2-4-11(18)5-3-10)19-8-17-7-6-12(23-17)13(16(21)22)14(17)15(19)20/h2-7,9,12-14H,8H2,1H3,(H,21,22)/p-1/t9-,12-,13-,14+,17-/m0/s1. The summed E-state index contributed by atoms with van der Waals surface area (Å²) in [5, 5.41) is 11.5. The third-order valence-electron chi connectivity index (χ3n) is 5.22. The fraction of sp³-hybridized carbons (Fsp3) is 0.412. The molecule has 0 unspecified atom stereocenters. The highest BCUT2D eigenvalue weighted by molar-refractivity contribution is 9.10. The SMILES string of the molecule is C[C@@H](c1ccc(Br)cc1)N1C[C@]23C=C[C@H](O2)[C@H](C(=O)[O-])[C@@H]3C1=O. The minimum atomic E-state index is -1.21. The van der Waals surface area contributed by atoms with Gasteiger partial charge in [0, 0.05) is 16.4 Å². The van der Waals surface area contributed by atoms with Crippen molar-refractivity contribution in [3.8, 4) is 0 Å². The van der Waals surface area contributed by atoms with Gasteiger partial charge in [-0.3, -0.25) is 4.79 Å². The first-order valence-corrected chi connectivity index (χ1v) is 8.36. The van der Waals surface area contributed by atoms with Crippen molar-refractivity contribution in [2.45, 2.75) is 24.7 Å². The van der Waals surface area contributed by atoms with Crippen LogP contribution in [0.5, 0.6) is 0 Å². The maximum atomic E-state index is 12.9. The van der Waals surface area contributed by atoms with Crippen molar-refractivity contribution in [1.82, 2.24) is 4.90 Å². The number of hydrogen-bond acceptors (Lipinski definition) is 4. The molecular weight excluding hydrogens is 362 g/mol. The number of likely N-dealkylation sites (tertiary alicyclic amines) is 1. The van der Waals surface area contributed by atoms with Crippen LogP contribution in [0.4, 0.5) is 0 Å². The van der Waals surface area contributed by atoms with E-state index in [1.54, 1.807) is 11.0 Å². The van der Waals surface area contributed by atoms with Crippen LogP contribution in [0.3, 0.4) is 0 Å². The van der Waals surface area contributed by atoms with Crippen LogP contribution in [0, 0.1) is 11.8 Å². The summed E-state index contributed by atoms with van der Waals surface area (Å²) in [6, 6.07) is 7.62. The Hall–Kier alpha value is -1.66. The molecule has 5 nitrogen and oxygen atoms in total. The molecule has 3 aliphatic rings. The van der Waals surface area contributed by atoms with Crippen molar-refractivity contribution in [3.05, 3.63) is 46.5 Å². The molecule has 1 amide bonds. The Morgan fingerprint density at radius 1 is 1.43 bits per heavy atom. The summed E-state index contributed by atoms with van der Waals surface area (Å²) in [5.74, 6) is -2.95. The van der Waals surface area contributed by atoms with Gasteiger partial charge < -0.3 is 19.5 Å². The Balaban J connectivity index is 1.66. The number of halogens is 1. The van der Waals surface area contributed by atoms with Gasteiger partial charge >= 0.3 is 0 Å². The Morgan fingerprint density at radius 3 is 2.78 bits per heavy atom. The molecule has 5 atom stereocenters. The first kappa shape index (κ1) is 14.9. The van der Waals surface area contributed by atoms with Crippen molar-refractivity contribution in [1.29, 1.82) is 0 Å². The fourth-order valence-corrected chi connectivity index (χ4v) is 4.31. The molecular formula is C17H15BrNO4-. The van der Waals surface area contributed by atoms with Gasteiger partial charge in [-0.05, 0) is 24.6 Å². The molecule has 120 valence electrons. The Morgan fingerprint density at radius 2 is 2.13 bits per heavy atom. The van der Waals surface area contributed by atoms with Crippen molar-refractivity contribution >= 4 is 27.8 Å². The molecule has 3 heterocycles. The van der Waals surface area contributed by atoms with Gasteiger partial charge in [0.15, 0.2) is 0 Å². The van der Waals surface area contributed by atoms with E-state index in [2.05, 4.69) is 15.9 Å². The molecule has 0 N–H and O–H groups in total. The highest BCUT2D eigenvalue weighted by Crippen LogP contribution is 2.53. The summed E-state index contributed by atoms with van der Waals surface area (Å²) in [6.07, 6.45) is 3.06. The molecule has 1 aromatic rings. The summed E-state index contributed by atoms with van der Waals surface area (Å²) >= 11 is 3.40. The second-order valence-electron chi connectivity index (χ2n) is 6.41. The highest BCUT2D eigenvalue weighted by Gasteiger charge is 2.65. The van der Waals surface area contributed by atoms with Crippen molar-refractivity contribution in [3.63, 3.8) is 0 Å². The largest absolute Gasteiger partial charge is 0.550 e. The van der Waals surface area contributed by atoms with Gasteiger partial charge in [-0.2, -0.15) is 0 Å². The number of nitrogens with zero attached hydrogens (tertiary/aromatic N) is 1. The Bertz CT molecular complexity index is 716. The van der Waals surface area contributed by atoms with Gasteiger partial charge in [0.25, 0.3) is 0 Å². The van der Waals surface area contributed by atoms with Crippen molar-refractivity contribution in [2.24, 2.45) is 11.8 Å². The van der Waals surface area contributed by atoms with E-state index in [0.717, 1.165) is 10.0 Å². The molecule has 0 aliphatic carbocycles. The van der Waals surface area contributed by atoms with Crippen LogP contribution < -0.4 is 5.11 Å². The van der Waals surface area contributed by atoms with Crippen LogP contribution in [0.1, 0.15) is 18.5 Å². The lowest BCUT2D eigenvalue weighted by Crippen LogP contribution is -2.45. The van der Waals surface area contributed by atoms with Gasteiger partial charge in [0.1, 0.15) is 5.60 Å². The third kappa shape index (κ3) is 2.01. The number of hydrogen-bond donors (Lipinski definition) is 0. The number of ether oxygens (including phenoxy) is 1. The minimum Gasteiger partial charge on any atom is -0.550 e. The van der Waals surface area contributed by atoms with E-state index < -0.39 is 29.5 Å².